The molecule has 0 heterocycles. The molecule has 1 aromatic rings. The summed E-state index contributed by atoms with van der Waals surface area (Å²) in [6.45, 7) is 4.85. The quantitative estimate of drug-likeness (QED) is 0.710. The van der Waals surface area contributed by atoms with Crippen molar-refractivity contribution in [2.75, 3.05) is 20.3 Å². The number of nitrogens with two attached hydrogens (primary N) is 1. The molecule has 112 valence electrons. The molecule has 0 aliphatic carbocycles. The molecule has 0 aliphatic heterocycles. The van der Waals surface area contributed by atoms with Gasteiger partial charge in [-0.25, -0.2) is 0 Å². The van der Waals surface area contributed by atoms with E-state index in [4.69, 9.17) is 15.2 Å². The van der Waals surface area contributed by atoms with Gasteiger partial charge in [-0.2, -0.15) is 0 Å². The van der Waals surface area contributed by atoms with Crippen LogP contribution in [-0.2, 0) is 9.53 Å². The van der Waals surface area contributed by atoms with Gasteiger partial charge in [0.05, 0.1) is 0 Å². The van der Waals surface area contributed by atoms with Crippen LogP contribution in [0.4, 0.5) is 0 Å². The Morgan fingerprint density at radius 3 is 2.80 bits per heavy atom. The minimum absolute atomic E-state index is 0.0586. The summed E-state index contributed by atoms with van der Waals surface area (Å²) in [6, 6.07) is 7.43. The van der Waals surface area contributed by atoms with Crippen molar-refractivity contribution in [2.24, 2.45) is 5.73 Å². The van der Waals surface area contributed by atoms with E-state index in [1.165, 1.54) is 0 Å². The van der Waals surface area contributed by atoms with Crippen molar-refractivity contribution < 1.29 is 14.3 Å². The highest BCUT2D eigenvalue weighted by Crippen LogP contribution is 2.18. The lowest BCUT2D eigenvalue weighted by atomic mass is 10.1. The first-order valence-electron chi connectivity index (χ1n) is 6.83. The first-order chi connectivity index (χ1) is 9.54. The summed E-state index contributed by atoms with van der Waals surface area (Å²) in [7, 11) is 1.64. The van der Waals surface area contributed by atoms with Crippen molar-refractivity contribution >= 4 is 5.91 Å². The molecule has 20 heavy (non-hydrogen) atoms. The predicted octanol–water partition coefficient (Wildman–Crippen LogP) is 1.63. The smallest absolute Gasteiger partial charge is 0.260 e. The molecule has 0 aromatic heterocycles. The third kappa shape index (κ3) is 5.59. The van der Waals surface area contributed by atoms with Gasteiger partial charge >= 0.3 is 0 Å². The second-order valence-electron chi connectivity index (χ2n) is 4.76. The number of benzene rings is 1. The molecule has 0 aliphatic rings. The number of rotatable bonds is 8. The lowest BCUT2D eigenvalue weighted by Gasteiger charge is -2.16. The molecule has 1 unspecified atom stereocenters. The van der Waals surface area contributed by atoms with Crippen LogP contribution in [0.25, 0.3) is 0 Å². The molecule has 0 radical (unpaired) electrons. The lowest BCUT2D eigenvalue weighted by molar-refractivity contribution is -0.127. The van der Waals surface area contributed by atoms with E-state index < -0.39 is 6.10 Å². The molecule has 1 amide bonds. The molecule has 2 atom stereocenters. The third-order valence-corrected chi connectivity index (χ3v) is 2.89. The molecular formula is C15H24N2O3. The van der Waals surface area contributed by atoms with Crippen LogP contribution in [0.2, 0.25) is 0 Å². The van der Waals surface area contributed by atoms with E-state index in [-0.39, 0.29) is 11.9 Å². The Labute approximate surface area is 120 Å². The molecule has 0 saturated heterocycles. The maximum Gasteiger partial charge on any atom is 0.260 e. The molecule has 0 bridgehead atoms. The zero-order chi connectivity index (χ0) is 15.0. The summed E-state index contributed by atoms with van der Waals surface area (Å²) in [5.41, 5.74) is 6.80. The Morgan fingerprint density at radius 1 is 1.40 bits per heavy atom. The first kappa shape index (κ1) is 16.5. The van der Waals surface area contributed by atoms with Gasteiger partial charge in [0, 0.05) is 26.3 Å². The van der Waals surface area contributed by atoms with Crippen molar-refractivity contribution in [3.63, 3.8) is 0 Å². The number of carbonyl (C=O) groups excluding carboxylic acids is 1. The highest BCUT2D eigenvalue weighted by Gasteiger charge is 2.14. The van der Waals surface area contributed by atoms with Gasteiger partial charge in [-0.3, -0.25) is 4.79 Å². The summed E-state index contributed by atoms with van der Waals surface area (Å²) >= 11 is 0. The van der Waals surface area contributed by atoms with Gasteiger partial charge in [0.25, 0.3) is 5.91 Å². The number of nitrogens with one attached hydrogen (secondary N) is 1. The fourth-order valence-electron chi connectivity index (χ4n) is 1.70. The number of hydrogen-bond donors (Lipinski definition) is 2. The van der Waals surface area contributed by atoms with E-state index in [0.717, 1.165) is 12.0 Å². The fourth-order valence-corrected chi connectivity index (χ4v) is 1.70. The Bertz CT molecular complexity index is 421. The normalized spacial score (nSPS) is 13.6. The standard InChI is InChI=1S/C15H24N2O3/c1-11(16)13-6-4-7-14(10-13)20-12(2)15(18)17-8-5-9-19-3/h4,6-7,10-12H,5,8-9,16H2,1-3H3,(H,17,18)/t11-,12?/m1/s1. The molecule has 0 saturated carbocycles. The third-order valence-electron chi connectivity index (χ3n) is 2.89. The average molecular weight is 280 g/mol. The zero-order valence-electron chi connectivity index (χ0n) is 12.4. The van der Waals surface area contributed by atoms with E-state index in [1.807, 2.05) is 31.2 Å². The number of carbonyl (C=O) groups is 1. The average Bonchev–Trinajstić information content (AvgIpc) is 2.43. The van der Waals surface area contributed by atoms with Crippen LogP contribution in [0.1, 0.15) is 31.9 Å². The van der Waals surface area contributed by atoms with E-state index in [9.17, 15) is 4.79 Å². The molecule has 1 rings (SSSR count). The number of ether oxygens (including phenoxy) is 2. The molecular weight excluding hydrogens is 256 g/mol. The maximum atomic E-state index is 11.8. The summed E-state index contributed by atoms with van der Waals surface area (Å²) in [5.74, 6) is 0.520. The van der Waals surface area contributed by atoms with Crippen molar-refractivity contribution in [1.29, 1.82) is 0 Å². The van der Waals surface area contributed by atoms with Gasteiger partial charge in [-0.1, -0.05) is 12.1 Å². The first-order valence-corrected chi connectivity index (χ1v) is 6.83. The van der Waals surface area contributed by atoms with Crippen molar-refractivity contribution in [2.45, 2.75) is 32.4 Å². The summed E-state index contributed by atoms with van der Waals surface area (Å²) < 4.78 is 10.5. The summed E-state index contributed by atoms with van der Waals surface area (Å²) in [5, 5.41) is 2.81. The van der Waals surface area contributed by atoms with Gasteiger partial charge in [-0.15, -0.1) is 0 Å². The highest BCUT2D eigenvalue weighted by atomic mass is 16.5. The molecule has 5 nitrogen and oxygen atoms in total. The van der Waals surface area contributed by atoms with Crippen LogP contribution in [0.15, 0.2) is 24.3 Å². The van der Waals surface area contributed by atoms with Crippen LogP contribution in [0.5, 0.6) is 5.75 Å². The molecule has 5 heteroatoms. The summed E-state index contributed by atoms with van der Waals surface area (Å²) in [4.78, 5) is 11.8. The number of methoxy groups -OCH3 is 1. The van der Waals surface area contributed by atoms with Gasteiger partial charge in [0.15, 0.2) is 6.10 Å². The van der Waals surface area contributed by atoms with E-state index >= 15 is 0 Å². The minimum Gasteiger partial charge on any atom is -0.481 e. The Balaban J connectivity index is 2.46. The van der Waals surface area contributed by atoms with Gasteiger partial charge in [0.2, 0.25) is 0 Å². The minimum atomic E-state index is -0.541. The zero-order valence-corrected chi connectivity index (χ0v) is 12.4. The maximum absolute atomic E-state index is 11.8. The Hall–Kier alpha value is -1.59. The SMILES string of the molecule is COCCCNC(=O)C(C)Oc1cccc([C@@H](C)N)c1. The van der Waals surface area contributed by atoms with E-state index in [2.05, 4.69) is 5.32 Å². The van der Waals surface area contributed by atoms with Crippen molar-refractivity contribution in [3.05, 3.63) is 29.8 Å². The van der Waals surface area contributed by atoms with Gasteiger partial charge < -0.3 is 20.5 Å². The number of hydrogen-bond acceptors (Lipinski definition) is 4. The van der Waals surface area contributed by atoms with E-state index in [0.29, 0.717) is 18.9 Å². The highest BCUT2D eigenvalue weighted by molar-refractivity contribution is 5.80. The van der Waals surface area contributed by atoms with Crippen LogP contribution in [-0.4, -0.2) is 32.3 Å². The van der Waals surface area contributed by atoms with Crippen LogP contribution >= 0.6 is 0 Å². The topological polar surface area (TPSA) is 73.6 Å². The second-order valence-corrected chi connectivity index (χ2v) is 4.76. The Morgan fingerprint density at radius 2 is 2.15 bits per heavy atom. The van der Waals surface area contributed by atoms with Crippen molar-refractivity contribution in [3.8, 4) is 5.75 Å². The fraction of sp³-hybridized carbons (Fsp3) is 0.533. The van der Waals surface area contributed by atoms with Crippen LogP contribution in [0.3, 0.4) is 0 Å². The van der Waals surface area contributed by atoms with Crippen LogP contribution < -0.4 is 15.8 Å². The molecule has 0 spiro atoms. The second kappa shape index (κ2) is 8.55. The molecule has 1 aromatic carbocycles. The monoisotopic (exact) mass is 280 g/mol. The lowest BCUT2D eigenvalue weighted by Crippen LogP contribution is -2.37. The number of amides is 1. The predicted molar refractivity (Wildman–Crippen MR) is 78.6 cm³/mol. The summed E-state index contributed by atoms with van der Waals surface area (Å²) in [6.07, 6.45) is 0.246. The van der Waals surface area contributed by atoms with Crippen LogP contribution in [0, 0.1) is 0 Å². The largest absolute Gasteiger partial charge is 0.481 e. The van der Waals surface area contributed by atoms with E-state index in [1.54, 1.807) is 14.0 Å². The van der Waals surface area contributed by atoms with Gasteiger partial charge in [-0.05, 0) is 38.0 Å². The Kier molecular flexibility index (Phi) is 7.04. The van der Waals surface area contributed by atoms with Crippen molar-refractivity contribution in [1.82, 2.24) is 5.32 Å². The molecule has 0 fully saturated rings. The molecule has 3 N–H and O–H groups in total. The van der Waals surface area contributed by atoms with Gasteiger partial charge in [0.1, 0.15) is 5.75 Å².